The van der Waals surface area contributed by atoms with Gasteiger partial charge in [0, 0.05) is 4.92 Å². The minimum Gasteiger partial charge on any atom is -0.383 e. The molecule has 0 radical (unpaired) electrons. The predicted molar refractivity (Wildman–Crippen MR) is 51.9 cm³/mol. The van der Waals surface area contributed by atoms with Gasteiger partial charge < -0.3 is 14.6 Å². The fourth-order valence-electron chi connectivity index (χ4n) is 1.55. The van der Waals surface area contributed by atoms with E-state index in [1.807, 2.05) is 0 Å². The van der Waals surface area contributed by atoms with E-state index in [4.69, 9.17) is 9.47 Å². The van der Waals surface area contributed by atoms with Crippen LogP contribution >= 0.6 is 0 Å². The van der Waals surface area contributed by atoms with Gasteiger partial charge in [0.1, 0.15) is 18.3 Å². The number of aliphatic hydroxyl groups is 1. The van der Waals surface area contributed by atoms with E-state index < -0.39 is 35.6 Å². The number of nitro groups is 1. The van der Waals surface area contributed by atoms with Crippen LogP contribution in [0.4, 0.5) is 0 Å². The second kappa shape index (κ2) is 4.26. The summed E-state index contributed by atoms with van der Waals surface area (Å²) < 4.78 is 10.8. The van der Waals surface area contributed by atoms with Gasteiger partial charge in [-0.15, -0.1) is 6.58 Å². The van der Waals surface area contributed by atoms with Crippen LogP contribution in [0.1, 0.15) is 13.8 Å². The van der Waals surface area contributed by atoms with Crippen LogP contribution in [0.25, 0.3) is 0 Å². The van der Waals surface area contributed by atoms with E-state index in [9.17, 15) is 15.2 Å². The van der Waals surface area contributed by atoms with E-state index in [-0.39, 0.29) is 0 Å². The van der Waals surface area contributed by atoms with Crippen molar-refractivity contribution in [3.8, 4) is 0 Å². The Morgan fingerprint density at radius 3 is 2.73 bits per heavy atom. The average Bonchev–Trinajstić information content (AvgIpc) is 2.40. The Kier molecular flexibility index (Phi) is 3.43. The molecule has 6 heteroatoms. The summed E-state index contributed by atoms with van der Waals surface area (Å²) in [6.45, 7) is 6.34. The van der Waals surface area contributed by atoms with Crippen molar-refractivity contribution in [1.82, 2.24) is 0 Å². The van der Waals surface area contributed by atoms with Crippen molar-refractivity contribution in [3.63, 3.8) is 0 Å². The smallest absolute Gasteiger partial charge is 0.232 e. The van der Waals surface area contributed by atoms with Crippen LogP contribution in [0.5, 0.6) is 0 Å². The maximum atomic E-state index is 10.2. The van der Waals surface area contributed by atoms with Gasteiger partial charge in [0.15, 0.2) is 5.79 Å². The van der Waals surface area contributed by atoms with Gasteiger partial charge in [-0.1, -0.05) is 6.08 Å². The molecule has 0 aromatic carbocycles. The van der Waals surface area contributed by atoms with Crippen molar-refractivity contribution in [2.75, 3.05) is 6.54 Å². The van der Waals surface area contributed by atoms with Crippen molar-refractivity contribution >= 4 is 0 Å². The fraction of sp³-hybridized carbons (Fsp3) is 0.778. The number of rotatable bonds is 4. The van der Waals surface area contributed by atoms with Crippen molar-refractivity contribution in [2.24, 2.45) is 0 Å². The molecule has 0 amide bonds. The largest absolute Gasteiger partial charge is 0.383 e. The Morgan fingerprint density at radius 2 is 2.27 bits per heavy atom. The molecular weight excluding hydrogens is 202 g/mol. The number of nitrogens with zero attached hydrogens (tertiary/aromatic N) is 1. The molecular formula is C9H15NO5. The first-order chi connectivity index (χ1) is 6.85. The van der Waals surface area contributed by atoms with Gasteiger partial charge in [-0.2, -0.15) is 0 Å². The van der Waals surface area contributed by atoms with Gasteiger partial charge in [-0.3, -0.25) is 10.1 Å². The summed E-state index contributed by atoms with van der Waals surface area (Å²) in [5.74, 6) is -0.846. The van der Waals surface area contributed by atoms with Crippen molar-refractivity contribution in [1.29, 1.82) is 0 Å². The molecule has 1 saturated heterocycles. The molecule has 0 bridgehead atoms. The molecule has 0 aliphatic carbocycles. The van der Waals surface area contributed by atoms with Gasteiger partial charge in [-0.05, 0) is 13.8 Å². The standard InChI is InChI=1S/C9H15NO5/c1-4-7-8(6(11)5-10(12)13)15-9(2,3)14-7/h4,6-8,11H,1,5H2,2-3H3/t6-,7-,8+/m1/s1. The monoisotopic (exact) mass is 217 g/mol. The molecule has 1 N–H and O–H groups in total. The summed E-state index contributed by atoms with van der Waals surface area (Å²) in [6.07, 6.45) is -0.967. The van der Waals surface area contributed by atoms with Gasteiger partial charge in [0.05, 0.1) is 0 Å². The Labute approximate surface area is 87.6 Å². The average molecular weight is 217 g/mol. The van der Waals surface area contributed by atoms with Crippen molar-refractivity contribution < 1.29 is 19.5 Å². The summed E-state index contributed by atoms with van der Waals surface area (Å²) in [7, 11) is 0. The molecule has 0 saturated carbocycles. The Hall–Kier alpha value is -0.980. The van der Waals surface area contributed by atoms with Crippen LogP contribution in [0.3, 0.4) is 0 Å². The normalized spacial score (nSPS) is 31.1. The molecule has 3 atom stereocenters. The lowest BCUT2D eigenvalue weighted by Gasteiger charge is -2.18. The third-order valence-corrected chi connectivity index (χ3v) is 2.11. The minimum absolute atomic E-state index is 0.519. The number of hydrogen-bond acceptors (Lipinski definition) is 5. The molecule has 1 fully saturated rings. The molecule has 86 valence electrons. The predicted octanol–water partition coefficient (Wildman–Crippen LogP) is 0.330. The van der Waals surface area contributed by atoms with Gasteiger partial charge in [0.2, 0.25) is 6.54 Å². The number of ether oxygens (including phenoxy) is 2. The Bertz CT molecular complexity index is 265. The Balaban J connectivity index is 2.67. The van der Waals surface area contributed by atoms with Crippen molar-refractivity contribution in [2.45, 2.75) is 37.9 Å². The molecule has 0 spiro atoms. The third kappa shape index (κ3) is 2.98. The van der Waals surface area contributed by atoms with Gasteiger partial charge in [-0.25, -0.2) is 0 Å². The molecule has 1 aliphatic rings. The SMILES string of the molecule is C=C[C@H]1OC(C)(C)O[C@H]1[C@H](O)C[N+](=O)[O-]. The fourth-order valence-corrected chi connectivity index (χ4v) is 1.55. The summed E-state index contributed by atoms with van der Waals surface area (Å²) in [5.41, 5.74) is 0. The van der Waals surface area contributed by atoms with Gasteiger partial charge >= 0.3 is 0 Å². The molecule has 1 rings (SSSR count). The molecule has 1 aliphatic heterocycles. The zero-order chi connectivity index (χ0) is 11.6. The first kappa shape index (κ1) is 12.1. The number of aliphatic hydroxyl groups excluding tert-OH is 1. The quantitative estimate of drug-likeness (QED) is 0.417. The van der Waals surface area contributed by atoms with E-state index in [0.717, 1.165) is 0 Å². The second-order valence-corrected chi connectivity index (χ2v) is 3.88. The van der Waals surface area contributed by atoms with Crippen LogP contribution in [0.15, 0.2) is 12.7 Å². The van der Waals surface area contributed by atoms with E-state index in [1.165, 1.54) is 6.08 Å². The molecule has 1 heterocycles. The topological polar surface area (TPSA) is 81.8 Å². The van der Waals surface area contributed by atoms with E-state index >= 15 is 0 Å². The van der Waals surface area contributed by atoms with E-state index in [2.05, 4.69) is 6.58 Å². The van der Waals surface area contributed by atoms with Crippen LogP contribution in [0, 0.1) is 10.1 Å². The second-order valence-electron chi connectivity index (χ2n) is 3.88. The third-order valence-electron chi connectivity index (χ3n) is 2.11. The van der Waals surface area contributed by atoms with Crippen LogP contribution in [-0.4, -0.2) is 40.7 Å². The molecule has 0 aromatic rings. The lowest BCUT2D eigenvalue weighted by Crippen LogP contribution is -2.39. The van der Waals surface area contributed by atoms with Crippen molar-refractivity contribution in [3.05, 3.63) is 22.8 Å². The summed E-state index contributed by atoms with van der Waals surface area (Å²) in [4.78, 5) is 9.66. The van der Waals surface area contributed by atoms with E-state index in [0.29, 0.717) is 0 Å². The first-order valence-electron chi connectivity index (χ1n) is 4.64. The highest BCUT2D eigenvalue weighted by Crippen LogP contribution is 2.30. The molecule has 6 nitrogen and oxygen atoms in total. The highest BCUT2D eigenvalue weighted by molar-refractivity contribution is 4.96. The molecule has 0 aromatic heterocycles. The minimum atomic E-state index is -1.19. The highest BCUT2D eigenvalue weighted by atomic mass is 16.8. The molecule has 0 unspecified atom stereocenters. The number of hydrogen-bond donors (Lipinski definition) is 1. The van der Waals surface area contributed by atoms with Gasteiger partial charge in [0.25, 0.3) is 0 Å². The van der Waals surface area contributed by atoms with Crippen LogP contribution < -0.4 is 0 Å². The highest BCUT2D eigenvalue weighted by Gasteiger charge is 2.44. The van der Waals surface area contributed by atoms with Crippen LogP contribution in [0.2, 0.25) is 0 Å². The summed E-state index contributed by atoms with van der Waals surface area (Å²) in [5, 5.41) is 19.8. The van der Waals surface area contributed by atoms with E-state index in [1.54, 1.807) is 13.8 Å². The summed E-state index contributed by atoms with van der Waals surface area (Å²) >= 11 is 0. The lowest BCUT2D eigenvalue weighted by atomic mass is 10.1. The maximum Gasteiger partial charge on any atom is 0.232 e. The summed E-state index contributed by atoms with van der Waals surface area (Å²) in [6, 6.07) is 0. The zero-order valence-corrected chi connectivity index (χ0v) is 8.75. The molecule has 15 heavy (non-hydrogen) atoms. The Morgan fingerprint density at radius 1 is 1.67 bits per heavy atom. The lowest BCUT2D eigenvalue weighted by molar-refractivity contribution is -0.493. The zero-order valence-electron chi connectivity index (χ0n) is 8.75. The first-order valence-corrected chi connectivity index (χ1v) is 4.64. The van der Waals surface area contributed by atoms with Crippen LogP contribution in [-0.2, 0) is 9.47 Å². The maximum absolute atomic E-state index is 10.2.